The molecule has 0 atom stereocenters. The number of furan rings is 2. The third-order valence-corrected chi connectivity index (χ3v) is 15.8. The van der Waals surface area contributed by atoms with Gasteiger partial charge in [0.1, 0.15) is 22.3 Å². The van der Waals surface area contributed by atoms with Gasteiger partial charge in [0.15, 0.2) is 0 Å². The van der Waals surface area contributed by atoms with E-state index in [1.54, 1.807) is 0 Å². The Morgan fingerprint density at radius 2 is 0.653 bits per heavy atom. The van der Waals surface area contributed by atoms with E-state index in [4.69, 9.17) is 8.83 Å². The first-order chi connectivity index (χ1) is 36.9. The maximum Gasteiger partial charge on any atom is 0.261 e. The molecule has 0 saturated heterocycles. The van der Waals surface area contributed by atoms with Crippen LogP contribution in [0.2, 0.25) is 0 Å². The molecule has 0 amide bonds. The zero-order chi connectivity index (χ0) is 49.9. The second-order valence-corrected chi connectivity index (χ2v) is 21.1. The minimum atomic E-state index is -0.352. The molecule has 0 unspecified atom stereocenters. The summed E-state index contributed by atoms with van der Waals surface area (Å²) in [6.07, 6.45) is 0. The number of rotatable bonds is 6. The van der Waals surface area contributed by atoms with E-state index < -0.39 is 0 Å². The Balaban J connectivity index is 1.19. The van der Waals surface area contributed by atoms with Gasteiger partial charge in [0.05, 0.1) is 11.4 Å². The average molecular weight is 961 g/mol. The van der Waals surface area contributed by atoms with E-state index in [0.29, 0.717) is 0 Å². The van der Waals surface area contributed by atoms with Crippen molar-refractivity contribution in [3.63, 3.8) is 0 Å². The van der Waals surface area contributed by atoms with Crippen LogP contribution in [0.5, 0.6) is 0 Å². The molecule has 2 aliphatic rings. The molecule has 0 bridgehead atoms. The van der Waals surface area contributed by atoms with Gasteiger partial charge in [-0.25, -0.2) is 0 Å². The minimum absolute atomic E-state index is 0.243. The Kier molecular flexibility index (Phi) is 9.58. The lowest BCUT2D eigenvalue weighted by Gasteiger charge is -2.45. The van der Waals surface area contributed by atoms with Gasteiger partial charge in [0.2, 0.25) is 0 Å². The summed E-state index contributed by atoms with van der Waals surface area (Å²) in [5, 5.41) is 4.37. The van der Waals surface area contributed by atoms with Crippen molar-refractivity contribution in [1.82, 2.24) is 0 Å². The van der Waals surface area contributed by atoms with E-state index in [0.717, 1.165) is 133 Å². The molecule has 0 fully saturated rings. The fraction of sp³-hybridized carbons (Fsp3) is 0.0571. The SMILES string of the molecule is CC(C)(C)c1cc2c3c(c1)N(c1ccccc1-c1ccccc1)c1cc(-c4ccccc4)c4c(oc5ccccc54)c1B3c1c(cc(-c3ccccc3)c3c1oc1ccccc13)N2c1ccccc1-c1ccccc1. The van der Waals surface area contributed by atoms with Crippen LogP contribution in [0.1, 0.15) is 26.3 Å². The molecule has 11 aromatic carbocycles. The van der Waals surface area contributed by atoms with Crippen LogP contribution >= 0.6 is 0 Å². The molecule has 4 nitrogen and oxygen atoms in total. The highest BCUT2D eigenvalue weighted by Crippen LogP contribution is 2.53. The molecule has 0 radical (unpaired) electrons. The van der Waals surface area contributed by atoms with Gasteiger partial charge in [-0.3, -0.25) is 0 Å². The van der Waals surface area contributed by atoms with Crippen molar-refractivity contribution < 1.29 is 8.83 Å². The highest BCUT2D eigenvalue weighted by molar-refractivity contribution is 7.03. The average Bonchev–Trinajstić information content (AvgIpc) is 4.17. The van der Waals surface area contributed by atoms with Gasteiger partial charge >= 0.3 is 0 Å². The monoisotopic (exact) mass is 960 g/mol. The second kappa shape index (κ2) is 16.6. The first-order valence-electron chi connectivity index (χ1n) is 26.0. The number of anilines is 6. The van der Waals surface area contributed by atoms with Crippen LogP contribution in [0.15, 0.2) is 251 Å². The second-order valence-electron chi connectivity index (χ2n) is 21.1. The summed E-state index contributed by atoms with van der Waals surface area (Å²) in [6, 6.07) is 88.3. The van der Waals surface area contributed by atoms with Crippen molar-refractivity contribution in [2.45, 2.75) is 26.2 Å². The minimum Gasteiger partial charge on any atom is -0.456 e. The molecule has 2 aliphatic heterocycles. The summed E-state index contributed by atoms with van der Waals surface area (Å²) in [4.78, 5) is 5.14. The largest absolute Gasteiger partial charge is 0.456 e. The van der Waals surface area contributed by atoms with Gasteiger partial charge in [0.25, 0.3) is 6.71 Å². The first kappa shape index (κ1) is 43.3. The van der Waals surface area contributed by atoms with Gasteiger partial charge in [-0.15, -0.1) is 0 Å². The summed E-state index contributed by atoms with van der Waals surface area (Å²) < 4.78 is 15.0. The van der Waals surface area contributed by atoms with Gasteiger partial charge in [-0.05, 0) is 109 Å². The van der Waals surface area contributed by atoms with Crippen molar-refractivity contribution in [3.8, 4) is 44.5 Å². The number of para-hydroxylation sites is 4. The molecule has 354 valence electrons. The predicted molar refractivity (Wildman–Crippen MR) is 315 cm³/mol. The summed E-state index contributed by atoms with van der Waals surface area (Å²) >= 11 is 0. The molecule has 0 saturated carbocycles. The predicted octanol–water partition coefficient (Wildman–Crippen LogP) is 17.5. The molecule has 0 spiro atoms. The Labute approximate surface area is 436 Å². The lowest BCUT2D eigenvalue weighted by Crippen LogP contribution is -2.62. The van der Waals surface area contributed by atoms with Crippen molar-refractivity contribution in [1.29, 1.82) is 0 Å². The Hall–Kier alpha value is -9.32. The number of hydrogen-bond acceptors (Lipinski definition) is 4. The fourth-order valence-electron chi connectivity index (χ4n) is 12.4. The maximum atomic E-state index is 7.50. The molecule has 15 rings (SSSR count). The lowest BCUT2D eigenvalue weighted by atomic mass is 9.32. The van der Waals surface area contributed by atoms with E-state index in [1.807, 2.05) is 0 Å². The smallest absolute Gasteiger partial charge is 0.261 e. The molecule has 0 N–H and O–H groups in total. The van der Waals surface area contributed by atoms with E-state index in [-0.39, 0.29) is 12.1 Å². The van der Waals surface area contributed by atoms with Gasteiger partial charge in [0, 0.05) is 55.4 Å². The summed E-state index contributed by atoms with van der Waals surface area (Å²) in [5.74, 6) is 0. The third kappa shape index (κ3) is 6.57. The van der Waals surface area contributed by atoms with E-state index in [9.17, 15) is 0 Å². The van der Waals surface area contributed by atoms with Crippen LogP contribution in [-0.4, -0.2) is 6.71 Å². The molecule has 4 heterocycles. The summed E-state index contributed by atoms with van der Waals surface area (Å²) in [7, 11) is 0. The standard InChI is InChI=1S/C70H49BN2O2/c1-70(2,3)48-40-57-65-58(41-48)73(56-37-21-17-33-50(56)45-26-10-5-11-27-45)60-43-54(47-30-14-7-15-31-47)64-52-35-19-23-39-62(52)75-69(64)67(60)71(65)66-59(72(57)55-36-20-16-32-49(55)44-24-8-4-9-25-44)42-53(46-28-12-6-13-29-46)63-51-34-18-22-38-61(51)74-68(63)66/h4-43H,1-3H3. The molecule has 75 heavy (non-hydrogen) atoms. The van der Waals surface area contributed by atoms with Gasteiger partial charge in [-0.2, -0.15) is 0 Å². The van der Waals surface area contributed by atoms with Crippen LogP contribution in [0.25, 0.3) is 88.4 Å². The summed E-state index contributed by atoms with van der Waals surface area (Å²) in [5.41, 5.74) is 23.4. The maximum absolute atomic E-state index is 7.50. The molecule has 5 heteroatoms. The zero-order valence-corrected chi connectivity index (χ0v) is 41.9. The van der Waals surface area contributed by atoms with E-state index >= 15 is 0 Å². The van der Waals surface area contributed by atoms with Crippen LogP contribution < -0.4 is 26.2 Å². The van der Waals surface area contributed by atoms with Crippen molar-refractivity contribution in [2.75, 3.05) is 9.80 Å². The Morgan fingerprint density at radius 3 is 1.05 bits per heavy atom. The molecule has 0 aliphatic carbocycles. The molecule has 13 aromatic rings. The number of nitrogens with zero attached hydrogens (tertiary/aromatic N) is 2. The van der Waals surface area contributed by atoms with E-state index in [2.05, 4.69) is 273 Å². The quantitative estimate of drug-likeness (QED) is 0.156. The van der Waals surface area contributed by atoms with Gasteiger partial charge in [-0.1, -0.05) is 215 Å². The third-order valence-electron chi connectivity index (χ3n) is 15.8. The number of benzene rings is 11. The number of hydrogen-bond donors (Lipinski definition) is 0. The van der Waals surface area contributed by atoms with Gasteiger partial charge < -0.3 is 18.6 Å². The molecular weight excluding hydrogens is 912 g/mol. The van der Waals surface area contributed by atoms with E-state index in [1.165, 1.54) is 11.0 Å². The fourth-order valence-corrected chi connectivity index (χ4v) is 12.4. The Morgan fingerprint density at radius 1 is 0.320 bits per heavy atom. The normalized spacial score (nSPS) is 12.9. The highest BCUT2D eigenvalue weighted by atomic mass is 16.3. The van der Waals surface area contributed by atoms with Crippen molar-refractivity contribution in [2.24, 2.45) is 0 Å². The molecular formula is C70H49BN2O2. The Bertz CT molecular complexity index is 4130. The zero-order valence-electron chi connectivity index (χ0n) is 41.9. The lowest BCUT2D eigenvalue weighted by molar-refractivity contribution is 0.590. The topological polar surface area (TPSA) is 32.8 Å². The summed E-state index contributed by atoms with van der Waals surface area (Å²) in [6.45, 7) is 6.67. The van der Waals surface area contributed by atoms with Crippen LogP contribution in [0.3, 0.4) is 0 Å². The molecule has 2 aromatic heterocycles. The van der Waals surface area contributed by atoms with Crippen molar-refractivity contribution >= 4 is 101 Å². The van der Waals surface area contributed by atoms with Crippen LogP contribution in [0.4, 0.5) is 34.1 Å². The van der Waals surface area contributed by atoms with Crippen LogP contribution in [-0.2, 0) is 5.41 Å². The highest BCUT2D eigenvalue weighted by Gasteiger charge is 2.49. The van der Waals surface area contributed by atoms with Crippen LogP contribution in [0, 0.1) is 0 Å². The number of fused-ring (bicyclic) bond motifs is 12. The first-order valence-corrected chi connectivity index (χ1v) is 26.0. The van der Waals surface area contributed by atoms with Crippen molar-refractivity contribution in [3.05, 3.63) is 248 Å².